The maximum Gasteiger partial charge on any atom is 0.308 e. The van der Waals surface area contributed by atoms with Gasteiger partial charge < -0.3 is 86.4 Å². The molecule has 2 fully saturated rings. The lowest BCUT2D eigenvalue weighted by molar-refractivity contribution is -0.307. The van der Waals surface area contributed by atoms with Crippen molar-refractivity contribution in [2.75, 3.05) is 18.9 Å². The SMILES string of the molecule is CNc1ccc(C(=O)CC(O)CCC(C)C2OC(=O)CC(O)CC(=O)CC(O)CC(O)CC(O)CC(O)CC3(O)CC(O)C(C(=O)NCCc4ccccn4)C(CC(O[C@@H]4O[C@H](C)[C@@H](O)[C@H](N)[C@@H]4O)C=CC=CC=CC=CC=CC=CC=CC2C)O3)cc1. The Labute approximate surface area is 515 Å². The molecule has 3 aliphatic rings. The van der Waals surface area contributed by atoms with Gasteiger partial charge in [0.1, 0.15) is 18.0 Å². The van der Waals surface area contributed by atoms with Crippen LogP contribution in [-0.4, -0.2) is 191 Å². The van der Waals surface area contributed by atoms with Crippen molar-refractivity contribution in [1.29, 1.82) is 0 Å². The Kier molecular flexibility index (Phi) is 30.8. The molecule has 2 aromatic rings. The maximum absolute atomic E-state index is 14.0. The number of rotatable bonds is 14. The summed E-state index contributed by atoms with van der Waals surface area (Å²) < 4.78 is 24.4. The molecule has 5 rings (SSSR count). The Morgan fingerprint density at radius 3 is 1.97 bits per heavy atom. The van der Waals surface area contributed by atoms with Gasteiger partial charge >= 0.3 is 5.97 Å². The number of amides is 1. The van der Waals surface area contributed by atoms with Crippen LogP contribution in [0.25, 0.3) is 0 Å². The van der Waals surface area contributed by atoms with Gasteiger partial charge in [0.2, 0.25) is 5.91 Å². The second kappa shape index (κ2) is 37.3. The zero-order valence-corrected chi connectivity index (χ0v) is 50.8. The van der Waals surface area contributed by atoms with Gasteiger partial charge in [-0.15, -0.1) is 0 Å². The standard InChI is InChI=1S/C66H94N4O18/c1-41-19-15-13-11-9-7-5-6-8-10-12-14-16-21-54(86-65-62(82)60(67)61(81)43(3)85-65)38-57-59(64(83)70-30-28-46-20-17-18-29-69-46)56(79)40-66(84,88-57)39-53(77)35-51(75)33-49(73)31-48(72)32-50(74)34-52(76)37-58(80)87-63(41)42(2)22-27-47(71)36-55(78)44-23-25-45(68-4)26-24-44/h5-21,23-26,29,41-43,47-49,51-54,56-57,59-63,65,68,71-73,75-77,79,81-82,84H,22,27-28,30-40,67H2,1-4H3,(H,70,83)/t41?,42?,43-,47?,48?,49?,51?,52?,53?,54?,56?,57?,59?,60+,61-,62+,63?,65+,66?/m1/s1. The first-order chi connectivity index (χ1) is 41.9. The van der Waals surface area contributed by atoms with Crippen molar-refractivity contribution in [3.05, 3.63) is 145 Å². The quantitative estimate of drug-likeness (QED) is 0.0952. The van der Waals surface area contributed by atoms with Gasteiger partial charge in [0, 0.05) is 87.6 Å². The highest BCUT2D eigenvalue weighted by atomic mass is 16.7. The fourth-order valence-corrected chi connectivity index (χ4v) is 11.1. The molecule has 22 nitrogen and oxygen atoms in total. The summed E-state index contributed by atoms with van der Waals surface area (Å²) in [5.74, 6) is -6.57. The lowest BCUT2D eigenvalue weighted by atomic mass is 9.82. The van der Waals surface area contributed by atoms with Gasteiger partial charge in [0.15, 0.2) is 17.9 Å². The summed E-state index contributed by atoms with van der Waals surface area (Å²) in [6, 6.07) is 11.1. The number of anilines is 1. The number of carbonyl (C=O) groups is 4. The highest BCUT2D eigenvalue weighted by molar-refractivity contribution is 5.96. The van der Waals surface area contributed by atoms with Gasteiger partial charge in [-0.2, -0.15) is 0 Å². The van der Waals surface area contributed by atoms with E-state index in [-0.39, 0.29) is 56.3 Å². The molecule has 88 heavy (non-hydrogen) atoms. The van der Waals surface area contributed by atoms with Crippen LogP contribution in [0.5, 0.6) is 0 Å². The number of pyridine rings is 1. The lowest BCUT2D eigenvalue weighted by Gasteiger charge is -2.46. The molecular formula is C66H94N4O18. The Morgan fingerprint density at radius 1 is 0.739 bits per heavy atom. The van der Waals surface area contributed by atoms with Gasteiger partial charge in [-0.05, 0) is 81.3 Å². The third kappa shape index (κ3) is 25.2. The predicted octanol–water partition coefficient (Wildman–Crippen LogP) is 3.42. The van der Waals surface area contributed by atoms with E-state index in [2.05, 4.69) is 15.6 Å². The number of ether oxygens (including phenoxy) is 4. The van der Waals surface area contributed by atoms with Crippen LogP contribution in [-0.2, 0) is 39.8 Å². The van der Waals surface area contributed by atoms with Gasteiger partial charge in [-0.3, -0.25) is 24.2 Å². The number of nitrogens with two attached hydrogens (primary N) is 1. The number of cyclic esters (lactones) is 1. The molecule has 19 atom stereocenters. The summed E-state index contributed by atoms with van der Waals surface area (Å²) in [7, 11) is 1.77. The summed E-state index contributed by atoms with van der Waals surface area (Å²) >= 11 is 0. The normalized spacial score (nSPS) is 33.0. The molecule has 1 aromatic carbocycles. The Hall–Kier alpha value is -5.93. The van der Waals surface area contributed by atoms with Gasteiger partial charge in [-0.25, -0.2) is 0 Å². The van der Waals surface area contributed by atoms with Crippen molar-refractivity contribution in [3.63, 3.8) is 0 Å². The molecule has 1 aromatic heterocycles. The van der Waals surface area contributed by atoms with E-state index in [1.165, 1.54) is 0 Å². The summed E-state index contributed by atoms with van der Waals surface area (Å²) in [6.45, 7) is 5.39. The molecule has 22 heteroatoms. The second-order valence-corrected chi connectivity index (χ2v) is 23.4. The number of esters is 1. The molecule has 4 heterocycles. The van der Waals surface area contributed by atoms with Crippen molar-refractivity contribution < 1.29 is 89.2 Å². The van der Waals surface area contributed by atoms with Crippen molar-refractivity contribution in [3.8, 4) is 0 Å². The number of hydrogen-bond donors (Lipinski definition) is 13. The lowest BCUT2D eigenvalue weighted by Crippen LogP contribution is -2.62. The maximum atomic E-state index is 14.0. The third-order valence-electron chi connectivity index (χ3n) is 15.8. The average molecular weight is 1230 g/mol. The van der Waals surface area contributed by atoms with Crippen LogP contribution in [0.2, 0.25) is 0 Å². The Bertz CT molecular complexity index is 2670. The topological polar surface area (TPSA) is 370 Å². The third-order valence-corrected chi connectivity index (χ3v) is 15.8. The molecule has 14 unspecified atom stereocenters. The molecule has 0 saturated carbocycles. The number of nitrogens with zero attached hydrogens (tertiary/aromatic N) is 1. The zero-order valence-electron chi connectivity index (χ0n) is 50.8. The fraction of sp³-hybridized carbons (Fsp3) is 0.561. The number of aliphatic hydroxyl groups excluding tert-OH is 9. The predicted molar refractivity (Wildman–Crippen MR) is 328 cm³/mol. The van der Waals surface area contributed by atoms with E-state index in [9.17, 15) is 70.2 Å². The molecule has 2 saturated heterocycles. The number of Topliss-reactive ketones (excluding diaryl/α,β-unsaturated/α-hetero) is 2. The Balaban J connectivity index is 1.35. The highest BCUT2D eigenvalue weighted by Crippen LogP contribution is 2.38. The number of allylic oxidation sites excluding steroid dienone is 12. The Morgan fingerprint density at radius 2 is 1.34 bits per heavy atom. The first kappa shape index (κ1) is 72.8. The number of aliphatic hydroxyl groups is 10. The van der Waals surface area contributed by atoms with Gasteiger partial charge in [0.25, 0.3) is 0 Å². The van der Waals surface area contributed by atoms with E-state index in [4.69, 9.17) is 24.7 Å². The van der Waals surface area contributed by atoms with E-state index in [0.29, 0.717) is 24.1 Å². The summed E-state index contributed by atoms with van der Waals surface area (Å²) in [5.41, 5.74) is 8.16. The van der Waals surface area contributed by atoms with Gasteiger partial charge in [-0.1, -0.05) is 105 Å². The van der Waals surface area contributed by atoms with Crippen LogP contribution in [0.4, 0.5) is 5.69 Å². The van der Waals surface area contributed by atoms with E-state index < -0.39 is 160 Å². The smallest absolute Gasteiger partial charge is 0.308 e. The first-order valence-electron chi connectivity index (χ1n) is 30.4. The minimum atomic E-state index is -2.30. The van der Waals surface area contributed by atoms with E-state index in [0.717, 1.165) is 5.69 Å². The molecule has 3 aliphatic heterocycles. The van der Waals surface area contributed by atoms with Crippen LogP contribution >= 0.6 is 0 Å². The van der Waals surface area contributed by atoms with Crippen LogP contribution in [0.1, 0.15) is 114 Å². The number of carbonyl (C=O) groups excluding carboxylic acids is 4. The minimum absolute atomic E-state index is 0.105. The van der Waals surface area contributed by atoms with Gasteiger partial charge in [0.05, 0.1) is 85.5 Å². The summed E-state index contributed by atoms with van der Waals surface area (Å²) in [4.78, 5) is 57.7. The monoisotopic (exact) mass is 1230 g/mol. The fourth-order valence-electron chi connectivity index (χ4n) is 11.1. The molecule has 486 valence electrons. The number of hydrogen-bond acceptors (Lipinski definition) is 21. The zero-order chi connectivity index (χ0) is 64.3. The van der Waals surface area contributed by atoms with Crippen molar-refractivity contribution in [2.24, 2.45) is 23.5 Å². The second-order valence-electron chi connectivity index (χ2n) is 23.4. The summed E-state index contributed by atoms with van der Waals surface area (Å²) in [5, 5.41) is 117. The molecule has 1 amide bonds. The van der Waals surface area contributed by atoms with Crippen molar-refractivity contribution in [1.82, 2.24) is 10.3 Å². The largest absolute Gasteiger partial charge is 0.461 e. The molecule has 0 radical (unpaired) electrons. The van der Waals surface area contributed by atoms with Crippen LogP contribution in [0, 0.1) is 17.8 Å². The van der Waals surface area contributed by atoms with Crippen LogP contribution in [0.3, 0.4) is 0 Å². The molecule has 14 N–H and O–H groups in total. The van der Waals surface area contributed by atoms with Crippen LogP contribution in [0.15, 0.2) is 134 Å². The van der Waals surface area contributed by atoms with E-state index >= 15 is 0 Å². The number of aromatic nitrogens is 1. The average Bonchev–Trinajstić information content (AvgIpc) is 0.946. The van der Waals surface area contributed by atoms with Crippen molar-refractivity contribution in [2.45, 2.75) is 202 Å². The van der Waals surface area contributed by atoms with Crippen molar-refractivity contribution >= 4 is 29.1 Å². The minimum Gasteiger partial charge on any atom is -0.461 e. The summed E-state index contributed by atoms with van der Waals surface area (Å²) in [6.07, 6.45) is 4.97. The highest BCUT2D eigenvalue weighted by Gasteiger charge is 2.51. The molecule has 0 spiro atoms. The number of benzene rings is 1. The molecule has 2 bridgehead atoms. The number of nitrogens with one attached hydrogen (secondary N) is 2. The van der Waals surface area contributed by atoms with E-state index in [1.54, 1.807) is 142 Å². The van der Waals surface area contributed by atoms with E-state index in [1.807, 2.05) is 19.9 Å². The molecular weight excluding hydrogens is 1140 g/mol. The van der Waals surface area contributed by atoms with Crippen LogP contribution < -0.4 is 16.4 Å². The number of ketones is 2. The number of fused-ring (bicyclic) bond motifs is 2. The first-order valence-corrected chi connectivity index (χ1v) is 30.4. The molecule has 0 aliphatic carbocycles.